The molecule has 0 fully saturated rings. The summed E-state index contributed by atoms with van der Waals surface area (Å²) >= 11 is 1.61. The number of carbonyl (C=O) groups excluding carboxylic acids is 1. The van der Waals surface area contributed by atoms with Crippen LogP contribution in [-0.2, 0) is 4.79 Å². The van der Waals surface area contributed by atoms with Gasteiger partial charge in [0.2, 0.25) is 5.91 Å². The van der Waals surface area contributed by atoms with Crippen molar-refractivity contribution in [2.24, 2.45) is 11.7 Å². The van der Waals surface area contributed by atoms with Crippen molar-refractivity contribution in [3.05, 3.63) is 22.4 Å². The van der Waals surface area contributed by atoms with Crippen LogP contribution in [0.3, 0.4) is 0 Å². The lowest BCUT2D eigenvalue weighted by Gasteiger charge is -2.34. The van der Waals surface area contributed by atoms with Crippen molar-refractivity contribution in [2.45, 2.75) is 39.2 Å². The molecule has 0 aromatic carbocycles. The number of amides is 1. The average molecular weight is 291 g/mol. The Kier molecular flexibility index (Phi) is 6.89. The van der Waals surface area contributed by atoms with Crippen LogP contribution in [-0.4, -0.2) is 18.0 Å². The fraction of sp³-hybridized carbons (Fsp3) is 0.615. The van der Waals surface area contributed by atoms with Crippen LogP contribution in [0, 0.1) is 5.92 Å². The molecule has 5 heteroatoms. The Labute approximate surface area is 120 Å². The summed E-state index contributed by atoms with van der Waals surface area (Å²) in [7, 11) is 0. The van der Waals surface area contributed by atoms with Crippen LogP contribution < -0.4 is 11.1 Å². The summed E-state index contributed by atoms with van der Waals surface area (Å²) in [6, 6.07) is 3.96. The summed E-state index contributed by atoms with van der Waals surface area (Å²) in [6.45, 7) is 8.52. The Hall–Kier alpha value is -0.580. The lowest BCUT2D eigenvalue weighted by atomic mass is 9.88. The first-order valence-corrected chi connectivity index (χ1v) is 6.84. The molecular weight excluding hydrogens is 268 g/mol. The molecule has 104 valence electrons. The van der Waals surface area contributed by atoms with Gasteiger partial charge in [0.1, 0.15) is 0 Å². The quantitative estimate of drug-likeness (QED) is 0.876. The van der Waals surface area contributed by atoms with Gasteiger partial charge >= 0.3 is 0 Å². The Balaban J connectivity index is 0.00000289. The molecule has 18 heavy (non-hydrogen) atoms. The average Bonchev–Trinajstić information content (AvgIpc) is 2.80. The summed E-state index contributed by atoms with van der Waals surface area (Å²) in [5, 5.41) is 5.06. The van der Waals surface area contributed by atoms with Gasteiger partial charge in [0, 0.05) is 11.4 Å². The number of hydrogen-bond acceptors (Lipinski definition) is 3. The smallest absolute Gasteiger partial charge is 0.228 e. The summed E-state index contributed by atoms with van der Waals surface area (Å²) in [5.41, 5.74) is 5.43. The molecular formula is C13H23ClN2OS. The first-order chi connectivity index (χ1) is 7.90. The second kappa shape index (κ2) is 7.12. The van der Waals surface area contributed by atoms with Gasteiger partial charge in [-0.2, -0.15) is 0 Å². The van der Waals surface area contributed by atoms with E-state index in [1.807, 2.05) is 31.4 Å². The summed E-state index contributed by atoms with van der Waals surface area (Å²) in [5.74, 6) is 0.251. The molecule has 0 aliphatic rings. The van der Waals surface area contributed by atoms with Crippen LogP contribution in [0.4, 0.5) is 0 Å². The van der Waals surface area contributed by atoms with Gasteiger partial charge in [-0.15, -0.1) is 23.7 Å². The van der Waals surface area contributed by atoms with E-state index in [0.29, 0.717) is 12.5 Å². The largest absolute Gasteiger partial charge is 0.349 e. The van der Waals surface area contributed by atoms with Crippen LogP contribution in [0.2, 0.25) is 0 Å². The van der Waals surface area contributed by atoms with E-state index in [9.17, 15) is 4.79 Å². The van der Waals surface area contributed by atoms with Crippen LogP contribution in [0.25, 0.3) is 0 Å². The van der Waals surface area contributed by atoms with Gasteiger partial charge in [0.05, 0.1) is 11.5 Å². The molecule has 0 aliphatic carbocycles. The molecule has 0 aliphatic heterocycles. The monoisotopic (exact) mass is 290 g/mol. The third kappa shape index (κ3) is 3.97. The van der Waals surface area contributed by atoms with Gasteiger partial charge in [0.15, 0.2) is 0 Å². The van der Waals surface area contributed by atoms with Crippen molar-refractivity contribution in [2.75, 3.05) is 6.54 Å². The van der Waals surface area contributed by atoms with Crippen molar-refractivity contribution < 1.29 is 4.79 Å². The lowest BCUT2D eigenvalue weighted by Crippen LogP contribution is -2.55. The third-order valence-corrected chi connectivity index (χ3v) is 4.53. The minimum atomic E-state index is -0.331. The molecule has 1 aromatic rings. The van der Waals surface area contributed by atoms with E-state index in [-0.39, 0.29) is 29.8 Å². The molecule has 1 amide bonds. The molecule has 3 N–H and O–H groups in total. The van der Waals surface area contributed by atoms with Crippen molar-refractivity contribution in [1.29, 1.82) is 0 Å². The maximum Gasteiger partial charge on any atom is 0.228 e. The molecule has 0 radical (unpaired) electrons. The second-order valence-electron chi connectivity index (χ2n) is 5.00. The van der Waals surface area contributed by atoms with E-state index in [1.54, 1.807) is 11.3 Å². The van der Waals surface area contributed by atoms with Crippen LogP contribution in [0.1, 0.15) is 38.5 Å². The highest BCUT2D eigenvalue weighted by Gasteiger charge is 2.30. The van der Waals surface area contributed by atoms with Gasteiger partial charge in [-0.3, -0.25) is 4.79 Å². The summed E-state index contributed by atoms with van der Waals surface area (Å²) in [6.07, 6.45) is 0. The maximum absolute atomic E-state index is 12.2. The number of rotatable bonds is 5. The van der Waals surface area contributed by atoms with Crippen molar-refractivity contribution in [3.63, 3.8) is 0 Å². The zero-order valence-electron chi connectivity index (χ0n) is 11.4. The number of carbonyl (C=O) groups is 1. The number of halogens is 1. The van der Waals surface area contributed by atoms with Gasteiger partial charge in [-0.1, -0.05) is 19.9 Å². The van der Waals surface area contributed by atoms with Gasteiger partial charge < -0.3 is 11.1 Å². The number of nitrogens with one attached hydrogen (secondary N) is 1. The molecule has 0 bridgehead atoms. The Morgan fingerprint density at radius 2 is 2.11 bits per heavy atom. The number of nitrogens with two attached hydrogens (primary N) is 1. The molecule has 0 saturated carbocycles. The zero-order chi connectivity index (χ0) is 13.1. The second-order valence-corrected chi connectivity index (χ2v) is 5.98. The molecule has 1 aromatic heterocycles. The molecule has 3 nitrogen and oxygen atoms in total. The fourth-order valence-corrected chi connectivity index (χ4v) is 2.27. The zero-order valence-corrected chi connectivity index (χ0v) is 13.0. The van der Waals surface area contributed by atoms with E-state index >= 15 is 0 Å². The van der Waals surface area contributed by atoms with E-state index in [0.717, 1.165) is 4.88 Å². The van der Waals surface area contributed by atoms with Crippen molar-refractivity contribution >= 4 is 29.7 Å². The minimum Gasteiger partial charge on any atom is -0.349 e. The highest BCUT2D eigenvalue weighted by Crippen LogP contribution is 2.23. The van der Waals surface area contributed by atoms with E-state index in [4.69, 9.17) is 5.73 Å². The SMILES string of the molecule is CC(C(=O)NC(C)(CN)C(C)C)c1cccs1.Cl. The topological polar surface area (TPSA) is 55.1 Å². The Bertz CT molecular complexity index is 367. The van der Waals surface area contributed by atoms with E-state index in [1.165, 1.54) is 0 Å². The van der Waals surface area contributed by atoms with Crippen molar-refractivity contribution in [3.8, 4) is 0 Å². The lowest BCUT2D eigenvalue weighted by molar-refractivity contribution is -0.124. The predicted molar refractivity (Wildman–Crippen MR) is 80.4 cm³/mol. The van der Waals surface area contributed by atoms with Crippen LogP contribution in [0.15, 0.2) is 17.5 Å². The molecule has 0 saturated heterocycles. The van der Waals surface area contributed by atoms with Crippen LogP contribution >= 0.6 is 23.7 Å². The normalized spacial score (nSPS) is 15.7. The summed E-state index contributed by atoms with van der Waals surface area (Å²) in [4.78, 5) is 13.2. The standard InChI is InChI=1S/C13H22N2OS.ClH/c1-9(2)13(4,8-14)15-12(16)10(3)11-6-5-7-17-11;/h5-7,9-10H,8,14H2,1-4H3,(H,15,16);1H. The third-order valence-electron chi connectivity index (χ3n) is 3.47. The molecule has 1 rings (SSSR count). The summed E-state index contributed by atoms with van der Waals surface area (Å²) < 4.78 is 0. The predicted octanol–water partition coefficient (Wildman–Crippen LogP) is 2.76. The molecule has 2 unspecified atom stereocenters. The Morgan fingerprint density at radius 1 is 1.50 bits per heavy atom. The van der Waals surface area contributed by atoms with Gasteiger partial charge in [-0.25, -0.2) is 0 Å². The first kappa shape index (κ1) is 17.4. The van der Waals surface area contributed by atoms with Crippen molar-refractivity contribution in [1.82, 2.24) is 5.32 Å². The highest BCUT2D eigenvalue weighted by atomic mass is 35.5. The van der Waals surface area contributed by atoms with E-state index in [2.05, 4.69) is 19.2 Å². The number of thiophene rings is 1. The fourth-order valence-electron chi connectivity index (χ4n) is 1.49. The molecule has 0 spiro atoms. The minimum absolute atomic E-state index is 0. The van der Waals surface area contributed by atoms with Crippen LogP contribution in [0.5, 0.6) is 0 Å². The first-order valence-electron chi connectivity index (χ1n) is 5.96. The molecule has 2 atom stereocenters. The highest BCUT2D eigenvalue weighted by molar-refractivity contribution is 7.10. The molecule has 1 heterocycles. The maximum atomic E-state index is 12.2. The van der Waals surface area contributed by atoms with E-state index < -0.39 is 0 Å². The van der Waals surface area contributed by atoms with Gasteiger partial charge in [-0.05, 0) is 31.2 Å². The number of hydrogen-bond donors (Lipinski definition) is 2. The Morgan fingerprint density at radius 3 is 2.50 bits per heavy atom. The van der Waals surface area contributed by atoms with Gasteiger partial charge in [0.25, 0.3) is 0 Å².